The topological polar surface area (TPSA) is 37.9 Å². The van der Waals surface area contributed by atoms with Crippen LogP contribution in [0.5, 0.6) is 5.75 Å². The van der Waals surface area contributed by atoms with Gasteiger partial charge in [0.15, 0.2) is 0 Å². The van der Waals surface area contributed by atoms with Crippen molar-refractivity contribution in [3.63, 3.8) is 0 Å². The maximum absolute atomic E-state index is 6.13. The van der Waals surface area contributed by atoms with E-state index in [2.05, 4.69) is 23.0 Å². The average molecular weight is 321 g/mol. The lowest BCUT2D eigenvalue weighted by atomic mass is 9.81. The fourth-order valence-corrected chi connectivity index (χ4v) is 3.28. The maximum atomic E-state index is 6.13. The third-order valence-electron chi connectivity index (χ3n) is 4.63. The highest BCUT2D eigenvalue weighted by Crippen LogP contribution is 2.32. The Labute approximate surface area is 138 Å². The van der Waals surface area contributed by atoms with Gasteiger partial charge >= 0.3 is 0 Å². The third-order valence-corrected chi connectivity index (χ3v) is 4.63. The van der Waals surface area contributed by atoms with Gasteiger partial charge in [-0.25, -0.2) is 4.98 Å². The minimum atomic E-state index is 0. The summed E-state index contributed by atoms with van der Waals surface area (Å²) < 4.78 is 6.13. The number of nitrogens with zero attached hydrogens (tertiary/aromatic N) is 1. The Hall–Kier alpha value is -1.48. The molecule has 1 aromatic heterocycles. The molecule has 0 radical (unpaired) electrons. The zero-order valence-corrected chi connectivity index (χ0v) is 13.9. The lowest BCUT2D eigenvalue weighted by Crippen LogP contribution is -2.21. The van der Waals surface area contributed by atoms with Gasteiger partial charge in [0.1, 0.15) is 5.75 Å². The molecule has 1 unspecified atom stereocenters. The fraction of sp³-hybridized carbons (Fsp3) is 0.500. The highest BCUT2D eigenvalue weighted by molar-refractivity contribution is 5.85. The van der Waals surface area contributed by atoms with E-state index in [9.17, 15) is 0 Å². The van der Waals surface area contributed by atoms with E-state index < -0.39 is 0 Å². The number of para-hydroxylation sites is 1. The number of aromatic nitrogens is 2. The Morgan fingerprint density at radius 3 is 2.73 bits per heavy atom. The lowest BCUT2D eigenvalue weighted by molar-refractivity contribution is 0.176. The van der Waals surface area contributed by atoms with Gasteiger partial charge in [-0.05, 0) is 24.0 Å². The van der Waals surface area contributed by atoms with E-state index in [0.29, 0.717) is 5.92 Å². The Balaban J connectivity index is 0.00000176. The predicted octanol–water partition coefficient (Wildman–Crippen LogP) is 5.09. The molecule has 0 bridgehead atoms. The van der Waals surface area contributed by atoms with E-state index >= 15 is 0 Å². The molecule has 1 atom stereocenters. The van der Waals surface area contributed by atoms with E-state index in [0.717, 1.165) is 29.5 Å². The summed E-state index contributed by atoms with van der Waals surface area (Å²) in [5, 5.41) is 0. The van der Waals surface area contributed by atoms with Crippen LogP contribution in [0.3, 0.4) is 0 Å². The van der Waals surface area contributed by atoms with Gasteiger partial charge in [0.05, 0.1) is 24.8 Å². The molecule has 1 aliphatic rings. The predicted molar refractivity (Wildman–Crippen MR) is 92.5 cm³/mol. The minimum absolute atomic E-state index is 0. The number of imidazole rings is 1. The van der Waals surface area contributed by atoms with Gasteiger partial charge in [0, 0.05) is 5.56 Å². The van der Waals surface area contributed by atoms with Crippen LogP contribution in [0.4, 0.5) is 0 Å². The molecule has 1 aromatic carbocycles. The van der Waals surface area contributed by atoms with Crippen LogP contribution in [-0.4, -0.2) is 16.6 Å². The summed E-state index contributed by atoms with van der Waals surface area (Å²) in [5.41, 5.74) is 2.10. The van der Waals surface area contributed by atoms with E-state index in [1.54, 1.807) is 6.33 Å². The molecular weight excluding hydrogens is 296 g/mol. The van der Waals surface area contributed by atoms with Crippen molar-refractivity contribution in [3.05, 3.63) is 36.8 Å². The van der Waals surface area contributed by atoms with Gasteiger partial charge in [-0.2, -0.15) is 0 Å². The van der Waals surface area contributed by atoms with Crippen molar-refractivity contribution in [2.45, 2.75) is 39.0 Å². The van der Waals surface area contributed by atoms with Crippen molar-refractivity contribution >= 4 is 12.4 Å². The molecule has 0 spiro atoms. The average Bonchev–Trinajstić information content (AvgIpc) is 3.08. The van der Waals surface area contributed by atoms with Gasteiger partial charge in [0.25, 0.3) is 0 Å². The molecule has 1 fully saturated rings. The van der Waals surface area contributed by atoms with Crippen molar-refractivity contribution in [3.8, 4) is 17.0 Å². The largest absolute Gasteiger partial charge is 0.493 e. The first-order valence-corrected chi connectivity index (χ1v) is 8.05. The summed E-state index contributed by atoms with van der Waals surface area (Å²) in [6.45, 7) is 3.13. The number of nitrogens with one attached hydrogen (secondary N) is 1. The highest BCUT2D eigenvalue weighted by Gasteiger charge is 2.20. The molecule has 120 valence electrons. The first-order chi connectivity index (χ1) is 10.3. The van der Waals surface area contributed by atoms with Crippen molar-refractivity contribution in [2.75, 3.05) is 6.61 Å². The standard InChI is InChI=1S/C18H24N2O.ClH/c1-14(15-7-3-2-4-8-15)12-21-18-10-6-5-9-16(18)17-11-19-13-20-17;/h5-6,9-11,13-15H,2-4,7-8,12H2,1H3,(H,19,20);1H. The number of halogens is 1. The zero-order chi connectivity index (χ0) is 14.5. The minimum Gasteiger partial charge on any atom is -0.493 e. The molecule has 22 heavy (non-hydrogen) atoms. The van der Waals surface area contributed by atoms with Crippen LogP contribution < -0.4 is 4.74 Å². The molecule has 3 rings (SSSR count). The van der Waals surface area contributed by atoms with Crippen LogP contribution in [-0.2, 0) is 0 Å². The smallest absolute Gasteiger partial charge is 0.128 e. The normalized spacial score (nSPS) is 16.8. The Morgan fingerprint density at radius 1 is 1.23 bits per heavy atom. The molecule has 1 aliphatic carbocycles. The molecule has 0 saturated heterocycles. The molecule has 1 N–H and O–H groups in total. The Morgan fingerprint density at radius 2 is 2.00 bits per heavy atom. The van der Waals surface area contributed by atoms with Crippen molar-refractivity contribution < 1.29 is 4.74 Å². The summed E-state index contributed by atoms with van der Waals surface area (Å²) in [6, 6.07) is 8.19. The number of ether oxygens (including phenoxy) is 1. The summed E-state index contributed by atoms with van der Waals surface area (Å²) in [7, 11) is 0. The number of benzene rings is 1. The second-order valence-corrected chi connectivity index (χ2v) is 6.15. The first kappa shape index (κ1) is 16.9. The second kappa shape index (κ2) is 8.23. The number of hydrogen-bond acceptors (Lipinski definition) is 2. The van der Waals surface area contributed by atoms with E-state index in [4.69, 9.17) is 4.74 Å². The maximum Gasteiger partial charge on any atom is 0.128 e. The fourth-order valence-electron chi connectivity index (χ4n) is 3.28. The van der Waals surface area contributed by atoms with Gasteiger partial charge in [-0.1, -0.05) is 51.2 Å². The van der Waals surface area contributed by atoms with Gasteiger partial charge in [-0.15, -0.1) is 12.4 Å². The van der Waals surface area contributed by atoms with Crippen LogP contribution in [0.1, 0.15) is 39.0 Å². The van der Waals surface area contributed by atoms with Crippen molar-refractivity contribution in [1.29, 1.82) is 0 Å². The SMILES string of the molecule is CC(COc1ccccc1-c1cnc[nH]1)C1CCCCC1.Cl. The van der Waals surface area contributed by atoms with Crippen LogP contribution >= 0.6 is 12.4 Å². The van der Waals surface area contributed by atoms with E-state index in [1.807, 2.05) is 24.4 Å². The van der Waals surface area contributed by atoms with Crippen LogP contribution in [0.25, 0.3) is 11.3 Å². The molecule has 2 aromatic rings. The second-order valence-electron chi connectivity index (χ2n) is 6.15. The van der Waals surface area contributed by atoms with Crippen LogP contribution in [0.15, 0.2) is 36.8 Å². The summed E-state index contributed by atoms with van der Waals surface area (Å²) in [5.74, 6) is 2.41. The first-order valence-electron chi connectivity index (χ1n) is 8.05. The van der Waals surface area contributed by atoms with Crippen LogP contribution in [0.2, 0.25) is 0 Å². The van der Waals surface area contributed by atoms with Crippen molar-refractivity contribution in [2.24, 2.45) is 11.8 Å². The molecule has 0 aliphatic heterocycles. The number of hydrogen-bond donors (Lipinski definition) is 1. The molecule has 4 heteroatoms. The Kier molecular flexibility index (Phi) is 6.32. The van der Waals surface area contributed by atoms with E-state index in [1.165, 1.54) is 32.1 Å². The highest BCUT2D eigenvalue weighted by atomic mass is 35.5. The summed E-state index contributed by atoms with van der Waals surface area (Å²) in [4.78, 5) is 7.25. The molecular formula is C18H25ClN2O. The molecule has 3 nitrogen and oxygen atoms in total. The number of rotatable bonds is 5. The zero-order valence-electron chi connectivity index (χ0n) is 13.1. The lowest BCUT2D eigenvalue weighted by Gasteiger charge is -2.27. The van der Waals surface area contributed by atoms with Gasteiger partial charge < -0.3 is 9.72 Å². The molecule has 1 saturated carbocycles. The molecule has 0 amide bonds. The van der Waals surface area contributed by atoms with E-state index in [-0.39, 0.29) is 12.4 Å². The third kappa shape index (κ3) is 4.04. The van der Waals surface area contributed by atoms with Gasteiger partial charge in [-0.3, -0.25) is 0 Å². The molecule has 1 heterocycles. The Bertz CT molecular complexity index is 550. The monoisotopic (exact) mass is 320 g/mol. The van der Waals surface area contributed by atoms with Crippen LogP contribution in [0, 0.1) is 11.8 Å². The number of aromatic amines is 1. The van der Waals surface area contributed by atoms with Crippen molar-refractivity contribution in [1.82, 2.24) is 9.97 Å². The summed E-state index contributed by atoms with van der Waals surface area (Å²) >= 11 is 0. The quantitative estimate of drug-likeness (QED) is 0.832. The summed E-state index contributed by atoms with van der Waals surface area (Å²) in [6.07, 6.45) is 10.5. The number of H-pyrrole nitrogens is 1. The van der Waals surface area contributed by atoms with Gasteiger partial charge in [0.2, 0.25) is 0 Å².